The molecule has 0 bridgehead atoms. The van der Waals surface area contributed by atoms with Crippen LogP contribution in [0.1, 0.15) is 44.9 Å². The minimum Gasteiger partial charge on any atom is -0.394 e. The molecule has 0 saturated heterocycles. The molecule has 18 heavy (non-hydrogen) atoms. The molecule has 0 unspecified atom stereocenters. The number of aliphatic hydroxyl groups is 4. The van der Waals surface area contributed by atoms with Crippen LogP contribution in [0.3, 0.4) is 0 Å². The van der Waals surface area contributed by atoms with Crippen LogP contribution in [0.25, 0.3) is 0 Å². The summed E-state index contributed by atoms with van der Waals surface area (Å²) < 4.78 is 0. The van der Waals surface area contributed by atoms with Crippen LogP contribution in [0, 0.1) is 0 Å². The summed E-state index contributed by atoms with van der Waals surface area (Å²) in [5, 5.41) is 40.4. The van der Waals surface area contributed by atoms with Gasteiger partial charge in [0.1, 0.15) is 12.2 Å². The van der Waals surface area contributed by atoms with Crippen LogP contribution in [-0.2, 0) is 0 Å². The molecule has 5 heteroatoms. The van der Waals surface area contributed by atoms with E-state index in [0.29, 0.717) is 6.04 Å². The smallest absolute Gasteiger partial charge is 0.109 e. The van der Waals surface area contributed by atoms with Crippen molar-refractivity contribution in [3.05, 3.63) is 0 Å². The lowest BCUT2D eigenvalue weighted by molar-refractivity contribution is -0.0756. The fourth-order valence-corrected chi connectivity index (χ4v) is 2.43. The van der Waals surface area contributed by atoms with E-state index in [4.69, 9.17) is 5.11 Å². The van der Waals surface area contributed by atoms with Crippen molar-refractivity contribution in [1.82, 2.24) is 5.32 Å². The SMILES string of the molecule is OC[C@@H](O)[C@@H](O)[C@H](O)CNC1CCCCCCC1. The van der Waals surface area contributed by atoms with E-state index in [0.717, 1.165) is 12.8 Å². The highest BCUT2D eigenvalue weighted by Crippen LogP contribution is 2.17. The van der Waals surface area contributed by atoms with Gasteiger partial charge in [-0.1, -0.05) is 32.1 Å². The molecule has 0 spiro atoms. The second-order valence-corrected chi connectivity index (χ2v) is 5.26. The predicted octanol–water partition coefficient (Wildman–Crippen LogP) is -0.236. The van der Waals surface area contributed by atoms with Crippen molar-refractivity contribution in [2.45, 2.75) is 69.3 Å². The van der Waals surface area contributed by atoms with Gasteiger partial charge in [0.25, 0.3) is 0 Å². The number of hydrogen-bond acceptors (Lipinski definition) is 5. The third kappa shape index (κ3) is 5.63. The summed E-state index contributed by atoms with van der Waals surface area (Å²) in [7, 11) is 0. The highest BCUT2D eigenvalue weighted by Gasteiger charge is 2.24. The van der Waals surface area contributed by atoms with Crippen molar-refractivity contribution >= 4 is 0 Å². The monoisotopic (exact) mass is 261 g/mol. The Labute approximate surface area is 109 Å². The summed E-state index contributed by atoms with van der Waals surface area (Å²) in [6, 6.07) is 0.387. The minimum atomic E-state index is -1.30. The first-order chi connectivity index (χ1) is 8.65. The van der Waals surface area contributed by atoms with Gasteiger partial charge < -0.3 is 25.7 Å². The quantitative estimate of drug-likeness (QED) is 0.455. The Hall–Kier alpha value is -0.200. The summed E-state index contributed by atoms with van der Waals surface area (Å²) in [6.07, 6.45) is 4.85. The van der Waals surface area contributed by atoms with Crippen LogP contribution in [0.4, 0.5) is 0 Å². The molecule has 3 atom stereocenters. The molecule has 0 aliphatic heterocycles. The Kier molecular flexibility index (Phi) is 7.77. The van der Waals surface area contributed by atoms with Crippen LogP contribution < -0.4 is 5.32 Å². The van der Waals surface area contributed by atoms with E-state index in [1.165, 1.54) is 32.1 Å². The van der Waals surface area contributed by atoms with Gasteiger partial charge in [0.2, 0.25) is 0 Å². The lowest BCUT2D eigenvalue weighted by Crippen LogP contribution is -2.46. The summed E-state index contributed by atoms with van der Waals surface area (Å²) in [6.45, 7) is -0.287. The lowest BCUT2D eigenvalue weighted by atomic mass is 9.96. The van der Waals surface area contributed by atoms with Crippen molar-refractivity contribution in [2.75, 3.05) is 13.2 Å². The van der Waals surface area contributed by atoms with Crippen LogP contribution in [0.15, 0.2) is 0 Å². The normalized spacial score (nSPS) is 24.0. The predicted molar refractivity (Wildman–Crippen MR) is 69.2 cm³/mol. The van der Waals surface area contributed by atoms with Crippen molar-refractivity contribution < 1.29 is 20.4 Å². The molecule has 1 fully saturated rings. The average molecular weight is 261 g/mol. The maximum Gasteiger partial charge on any atom is 0.109 e. The van der Waals surface area contributed by atoms with Crippen LogP contribution in [-0.4, -0.2) is 57.9 Å². The van der Waals surface area contributed by atoms with Gasteiger partial charge in [0.05, 0.1) is 12.7 Å². The summed E-state index contributed by atoms with van der Waals surface area (Å²) in [5.74, 6) is 0. The number of nitrogens with one attached hydrogen (secondary N) is 1. The Morgan fingerprint density at radius 2 is 1.44 bits per heavy atom. The van der Waals surface area contributed by atoms with Gasteiger partial charge in [0.15, 0.2) is 0 Å². The van der Waals surface area contributed by atoms with Gasteiger partial charge in [-0.25, -0.2) is 0 Å². The Balaban J connectivity index is 2.25. The fourth-order valence-electron chi connectivity index (χ4n) is 2.43. The average Bonchev–Trinajstić information content (AvgIpc) is 2.35. The molecule has 0 aromatic rings. The van der Waals surface area contributed by atoms with E-state index in [9.17, 15) is 15.3 Å². The fraction of sp³-hybridized carbons (Fsp3) is 1.00. The van der Waals surface area contributed by atoms with Gasteiger partial charge in [-0.2, -0.15) is 0 Å². The molecule has 108 valence electrons. The van der Waals surface area contributed by atoms with Crippen LogP contribution in [0.2, 0.25) is 0 Å². The highest BCUT2D eigenvalue weighted by atomic mass is 16.4. The largest absolute Gasteiger partial charge is 0.394 e. The molecule has 0 radical (unpaired) electrons. The molecule has 1 aliphatic carbocycles. The van der Waals surface area contributed by atoms with E-state index in [2.05, 4.69) is 5.32 Å². The molecule has 1 saturated carbocycles. The molecular formula is C13H27NO4. The van der Waals surface area contributed by atoms with Gasteiger partial charge in [-0.3, -0.25) is 0 Å². The maximum absolute atomic E-state index is 9.69. The number of hydrogen-bond donors (Lipinski definition) is 5. The van der Waals surface area contributed by atoms with Gasteiger partial charge in [-0.05, 0) is 12.8 Å². The van der Waals surface area contributed by atoms with E-state index in [1.54, 1.807) is 0 Å². The van der Waals surface area contributed by atoms with E-state index >= 15 is 0 Å². The zero-order valence-electron chi connectivity index (χ0n) is 11.0. The van der Waals surface area contributed by atoms with Crippen molar-refractivity contribution in [2.24, 2.45) is 0 Å². The first kappa shape index (κ1) is 15.9. The number of rotatable bonds is 6. The van der Waals surface area contributed by atoms with Crippen LogP contribution in [0.5, 0.6) is 0 Å². The Morgan fingerprint density at radius 1 is 0.889 bits per heavy atom. The maximum atomic E-state index is 9.69. The molecule has 0 heterocycles. The molecule has 0 amide bonds. The second kappa shape index (κ2) is 8.82. The zero-order chi connectivity index (χ0) is 13.4. The highest BCUT2D eigenvalue weighted by molar-refractivity contribution is 4.79. The number of aliphatic hydroxyl groups excluding tert-OH is 4. The molecule has 0 aromatic carbocycles. The molecular weight excluding hydrogens is 234 g/mol. The molecule has 5 N–H and O–H groups in total. The molecule has 1 rings (SSSR count). The Bertz CT molecular complexity index is 205. The van der Waals surface area contributed by atoms with Gasteiger partial charge in [0, 0.05) is 12.6 Å². The second-order valence-electron chi connectivity index (χ2n) is 5.26. The van der Waals surface area contributed by atoms with E-state index in [-0.39, 0.29) is 6.54 Å². The molecule has 1 aliphatic rings. The summed E-state index contributed by atoms with van der Waals surface area (Å²) in [4.78, 5) is 0. The molecule has 0 aromatic heterocycles. The van der Waals surface area contributed by atoms with Crippen molar-refractivity contribution in [3.63, 3.8) is 0 Å². The Morgan fingerprint density at radius 3 is 2.00 bits per heavy atom. The van der Waals surface area contributed by atoms with Crippen LogP contribution >= 0.6 is 0 Å². The van der Waals surface area contributed by atoms with E-state index < -0.39 is 24.9 Å². The lowest BCUT2D eigenvalue weighted by Gasteiger charge is -2.26. The van der Waals surface area contributed by atoms with Gasteiger partial charge >= 0.3 is 0 Å². The standard InChI is InChI=1S/C13H27NO4/c15-9-12(17)13(18)11(16)8-14-10-6-4-2-1-3-5-7-10/h10-18H,1-9H2/t11-,12-,13+/m1/s1. The van der Waals surface area contributed by atoms with Gasteiger partial charge in [-0.15, -0.1) is 0 Å². The summed E-state index contributed by atoms with van der Waals surface area (Å²) in [5.41, 5.74) is 0. The van der Waals surface area contributed by atoms with Crippen molar-refractivity contribution in [3.8, 4) is 0 Å². The third-order valence-electron chi connectivity index (χ3n) is 3.70. The third-order valence-corrected chi connectivity index (χ3v) is 3.70. The first-order valence-corrected chi connectivity index (χ1v) is 7.03. The topological polar surface area (TPSA) is 93.0 Å². The zero-order valence-corrected chi connectivity index (χ0v) is 11.0. The summed E-state index contributed by atoms with van der Waals surface area (Å²) >= 11 is 0. The first-order valence-electron chi connectivity index (χ1n) is 7.03. The molecule has 5 nitrogen and oxygen atoms in total. The minimum absolute atomic E-state index is 0.253. The van der Waals surface area contributed by atoms with Crippen molar-refractivity contribution in [1.29, 1.82) is 0 Å². The van der Waals surface area contributed by atoms with E-state index in [1.807, 2.05) is 0 Å².